The molecule has 0 aliphatic carbocycles. The summed E-state index contributed by atoms with van der Waals surface area (Å²) in [6.07, 6.45) is 0.495. The zero-order chi connectivity index (χ0) is 24.6. The van der Waals surface area contributed by atoms with Crippen LogP contribution in [-0.4, -0.2) is 37.7 Å². The Bertz CT molecular complexity index is 1430. The Morgan fingerprint density at radius 3 is 2.29 bits per heavy atom. The SMILES string of the molecule is CC(=O)c1ccc2c(c1)CCN2S(=O)(=O)c1ccc(C(=O)Nc2ccc(Br)cc2C(=O)O)cc1. The first kappa shape index (κ1) is 23.7. The van der Waals surface area contributed by atoms with E-state index in [9.17, 15) is 27.9 Å². The number of hydrogen-bond acceptors (Lipinski definition) is 5. The molecular formula is C24H19BrN2O6S. The average Bonchev–Trinajstić information content (AvgIpc) is 3.24. The van der Waals surface area contributed by atoms with E-state index < -0.39 is 21.9 Å². The van der Waals surface area contributed by atoms with E-state index in [4.69, 9.17) is 0 Å². The summed E-state index contributed by atoms with van der Waals surface area (Å²) in [5, 5.41) is 11.9. The summed E-state index contributed by atoms with van der Waals surface area (Å²) in [7, 11) is -3.88. The van der Waals surface area contributed by atoms with Gasteiger partial charge in [0.1, 0.15) is 0 Å². The highest BCUT2D eigenvalue weighted by Crippen LogP contribution is 2.34. The van der Waals surface area contributed by atoms with Crippen molar-refractivity contribution in [2.45, 2.75) is 18.2 Å². The number of carboxylic acid groups (broad SMARTS) is 1. The largest absolute Gasteiger partial charge is 0.478 e. The second-order valence-corrected chi connectivity index (χ2v) is 10.5. The van der Waals surface area contributed by atoms with Crippen LogP contribution in [-0.2, 0) is 16.4 Å². The monoisotopic (exact) mass is 542 g/mol. The van der Waals surface area contributed by atoms with Crippen LogP contribution in [0.3, 0.4) is 0 Å². The second-order valence-electron chi connectivity index (χ2n) is 7.70. The van der Waals surface area contributed by atoms with Crippen molar-refractivity contribution in [1.29, 1.82) is 0 Å². The van der Waals surface area contributed by atoms with Crippen LogP contribution in [0.2, 0.25) is 0 Å². The van der Waals surface area contributed by atoms with Gasteiger partial charge < -0.3 is 10.4 Å². The van der Waals surface area contributed by atoms with Crippen molar-refractivity contribution in [2.75, 3.05) is 16.2 Å². The van der Waals surface area contributed by atoms with Crippen LogP contribution in [0.4, 0.5) is 11.4 Å². The first-order valence-electron chi connectivity index (χ1n) is 10.2. The van der Waals surface area contributed by atoms with Gasteiger partial charge in [-0.25, -0.2) is 13.2 Å². The number of sulfonamides is 1. The Balaban J connectivity index is 1.56. The Morgan fingerprint density at radius 1 is 0.971 bits per heavy atom. The fourth-order valence-corrected chi connectivity index (χ4v) is 5.61. The minimum atomic E-state index is -3.88. The standard InChI is InChI=1S/C24H19BrN2O6S/c1-14(28)16-4-9-22-17(12-16)10-11-27(22)34(32,33)19-6-2-15(3-7-19)23(29)26-21-8-5-18(25)13-20(21)24(30)31/h2-9,12-13H,10-11H2,1H3,(H,26,29)(H,30,31). The quantitative estimate of drug-likeness (QED) is 0.446. The van der Waals surface area contributed by atoms with Crippen LogP contribution in [0.1, 0.15) is 43.6 Å². The molecule has 3 aromatic carbocycles. The highest BCUT2D eigenvalue weighted by Gasteiger charge is 2.31. The zero-order valence-corrected chi connectivity index (χ0v) is 20.3. The summed E-state index contributed by atoms with van der Waals surface area (Å²) in [5.74, 6) is -1.85. The van der Waals surface area contributed by atoms with E-state index in [1.54, 1.807) is 24.3 Å². The predicted molar refractivity (Wildman–Crippen MR) is 130 cm³/mol. The van der Waals surface area contributed by atoms with Gasteiger partial charge in [-0.1, -0.05) is 15.9 Å². The number of anilines is 2. The predicted octanol–water partition coefficient (Wildman–Crippen LogP) is 4.35. The number of Topliss-reactive ketones (excluding diaryl/α,β-unsaturated/α-hetero) is 1. The molecule has 174 valence electrons. The summed E-state index contributed by atoms with van der Waals surface area (Å²) < 4.78 is 28.3. The molecule has 10 heteroatoms. The number of halogens is 1. The molecule has 0 unspecified atom stereocenters. The highest BCUT2D eigenvalue weighted by molar-refractivity contribution is 9.10. The van der Waals surface area contributed by atoms with Crippen LogP contribution < -0.4 is 9.62 Å². The number of carbonyl (C=O) groups is 3. The first-order valence-corrected chi connectivity index (χ1v) is 12.4. The van der Waals surface area contributed by atoms with Crippen LogP contribution in [0.5, 0.6) is 0 Å². The van der Waals surface area contributed by atoms with Crippen LogP contribution in [0.25, 0.3) is 0 Å². The Kier molecular flexibility index (Phi) is 6.28. The zero-order valence-electron chi connectivity index (χ0n) is 17.9. The summed E-state index contributed by atoms with van der Waals surface area (Å²) in [6.45, 7) is 1.71. The van der Waals surface area contributed by atoms with Gasteiger partial charge in [0.15, 0.2) is 5.78 Å². The van der Waals surface area contributed by atoms with E-state index in [1.807, 2.05) is 0 Å². The Morgan fingerprint density at radius 2 is 1.65 bits per heavy atom. The number of hydrogen-bond donors (Lipinski definition) is 2. The minimum Gasteiger partial charge on any atom is -0.478 e. The van der Waals surface area contributed by atoms with E-state index in [0.717, 1.165) is 5.56 Å². The number of benzene rings is 3. The number of carboxylic acids is 1. The van der Waals surface area contributed by atoms with E-state index in [2.05, 4.69) is 21.2 Å². The van der Waals surface area contributed by atoms with Gasteiger partial charge in [0.2, 0.25) is 0 Å². The molecular weight excluding hydrogens is 524 g/mol. The maximum absolute atomic E-state index is 13.2. The molecule has 8 nitrogen and oxygen atoms in total. The number of amides is 1. The number of carbonyl (C=O) groups excluding carboxylic acids is 2. The molecule has 3 aromatic rings. The first-order chi connectivity index (χ1) is 16.1. The fourth-order valence-electron chi connectivity index (χ4n) is 3.74. The number of aromatic carboxylic acids is 1. The highest BCUT2D eigenvalue weighted by atomic mass is 79.9. The lowest BCUT2D eigenvalue weighted by Crippen LogP contribution is -2.29. The molecule has 0 bridgehead atoms. The minimum absolute atomic E-state index is 0.0161. The van der Waals surface area contributed by atoms with Crippen LogP contribution in [0.15, 0.2) is 70.0 Å². The molecule has 1 amide bonds. The van der Waals surface area contributed by atoms with Gasteiger partial charge in [-0.3, -0.25) is 13.9 Å². The van der Waals surface area contributed by atoms with Crippen LogP contribution in [0, 0.1) is 0 Å². The van der Waals surface area contributed by atoms with Crippen molar-refractivity contribution in [1.82, 2.24) is 0 Å². The van der Waals surface area contributed by atoms with Crippen molar-refractivity contribution < 1.29 is 27.9 Å². The average molecular weight is 543 g/mol. The number of fused-ring (bicyclic) bond motifs is 1. The van der Waals surface area contributed by atoms with Gasteiger partial charge in [-0.2, -0.15) is 0 Å². The molecule has 0 saturated carbocycles. The van der Waals surface area contributed by atoms with Crippen molar-refractivity contribution in [3.8, 4) is 0 Å². The van der Waals surface area contributed by atoms with E-state index in [1.165, 1.54) is 47.6 Å². The van der Waals surface area contributed by atoms with Crippen molar-refractivity contribution in [2.24, 2.45) is 0 Å². The van der Waals surface area contributed by atoms with Crippen molar-refractivity contribution in [3.05, 3.63) is 87.4 Å². The molecule has 1 aliphatic heterocycles. The molecule has 2 N–H and O–H groups in total. The van der Waals surface area contributed by atoms with E-state index in [-0.39, 0.29) is 34.0 Å². The molecule has 0 fully saturated rings. The fraction of sp³-hybridized carbons (Fsp3) is 0.125. The summed E-state index contributed by atoms with van der Waals surface area (Å²) in [4.78, 5) is 35.7. The topological polar surface area (TPSA) is 121 Å². The molecule has 0 radical (unpaired) electrons. The third kappa shape index (κ3) is 4.46. The molecule has 34 heavy (non-hydrogen) atoms. The van der Waals surface area contributed by atoms with Gasteiger partial charge in [0, 0.05) is 22.1 Å². The third-order valence-corrected chi connectivity index (χ3v) is 7.82. The maximum Gasteiger partial charge on any atom is 0.337 e. The molecule has 0 spiro atoms. The molecule has 1 heterocycles. The number of nitrogens with one attached hydrogen (secondary N) is 1. The van der Waals surface area contributed by atoms with Crippen molar-refractivity contribution in [3.63, 3.8) is 0 Å². The summed E-state index contributed by atoms with van der Waals surface area (Å²) in [5.41, 5.74) is 2.06. The van der Waals surface area contributed by atoms with E-state index in [0.29, 0.717) is 22.1 Å². The Labute approximate surface area is 204 Å². The third-order valence-electron chi connectivity index (χ3n) is 5.50. The van der Waals surface area contributed by atoms with Gasteiger partial charge in [-0.15, -0.1) is 0 Å². The lowest BCUT2D eigenvalue weighted by atomic mass is 10.1. The van der Waals surface area contributed by atoms with Crippen LogP contribution >= 0.6 is 15.9 Å². The maximum atomic E-state index is 13.2. The van der Waals surface area contributed by atoms with E-state index >= 15 is 0 Å². The second kappa shape index (κ2) is 9.03. The number of rotatable bonds is 6. The molecule has 0 aromatic heterocycles. The number of nitrogens with zero attached hydrogens (tertiary/aromatic N) is 1. The normalized spacial score (nSPS) is 12.8. The van der Waals surface area contributed by atoms with Gasteiger partial charge in [0.05, 0.1) is 21.8 Å². The van der Waals surface area contributed by atoms with Gasteiger partial charge in [0.25, 0.3) is 15.9 Å². The molecule has 0 atom stereocenters. The van der Waals surface area contributed by atoms with Gasteiger partial charge >= 0.3 is 5.97 Å². The van der Waals surface area contributed by atoms with Gasteiger partial charge in [-0.05, 0) is 79.6 Å². The molecule has 0 saturated heterocycles. The summed E-state index contributed by atoms with van der Waals surface area (Å²) in [6, 6.07) is 14.8. The number of ketones is 1. The Hall–Kier alpha value is -3.50. The smallest absolute Gasteiger partial charge is 0.337 e. The summed E-state index contributed by atoms with van der Waals surface area (Å²) >= 11 is 3.20. The molecule has 4 rings (SSSR count). The molecule has 1 aliphatic rings. The van der Waals surface area contributed by atoms with Crippen molar-refractivity contribution >= 4 is 55.0 Å². The lowest BCUT2D eigenvalue weighted by molar-refractivity contribution is 0.0697. The lowest BCUT2D eigenvalue weighted by Gasteiger charge is -2.20.